The SMILES string of the molecule is COc1cccc(CN(C)C(=O)c2ccc(C)c(N)c2)c1. The van der Waals surface area contributed by atoms with Crippen LogP contribution in [0.3, 0.4) is 0 Å². The van der Waals surface area contributed by atoms with Crippen molar-refractivity contribution in [2.75, 3.05) is 19.9 Å². The molecule has 0 saturated heterocycles. The van der Waals surface area contributed by atoms with Gasteiger partial charge in [0.25, 0.3) is 5.91 Å². The van der Waals surface area contributed by atoms with Crippen molar-refractivity contribution in [3.63, 3.8) is 0 Å². The number of rotatable bonds is 4. The molecule has 4 nitrogen and oxygen atoms in total. The fourth-order valence-corrected chi connectivity index (χ4v) is 2.11. The molecule has 0 spiro atoms. The number of hydrogen-bond donors (Lipinski definition) is 1. The van der Waals surface area contributed by atoms with Crippen LogP contribution in [0, 0.1) is 6.92 Å². The lowest BCUT2D eigenvalue weighted by molar-refractivity contribution is 0.0785. The summed E-state index contributed by atoms with van der Waals surface area (Å²) < 4.78 is 5.19. The summed E-state index contributed by atoms with van der Waals surface area (Å²) in [6.45, 7) is 2.44. The highest BCUT2D eigenvalue weighted by molar-refractivity contribution is 5.95. The summed E-state index contributed by atoms with van der Waals surface area (Å²) in [5.41, 5.74) is 9.09. The first-order valence-electron chi connectivity index (χ1n) is 6.76. The Balaban J connectivity index is 2.13. The van der Waals surface area contributed by atoms with Gasteiger partial charge in [0.15, 0.2) is 0 Å². The molecule has 2 aromatic rings. The quantitative estimate of drug-likeness (QED) is 0.878. The van der Waals surface area contributed by atoms with Crippen molar-refractivity contribution >= 4 is 11.6 Å². The van der Waals surface area contributed by atoms with Crippen LogP contribution in [0.4, 0.5) is 5.69 Å². The van der Waals surface area contributed by atoms with E-state index >= 15 is 0 Å². The Morgan fingerprint density at radius 1 is 1.24 bits per heavy atom. The van der Waals surface area contributed by atoms with Gasteiger partial charge in [0, 0.05) is 24.8 Å². The molecule has 0 atom stereocenters. The molecule has 0 saturated carbocycles. The Labute approximate surface area is 125 Å². The number of ether oxygens (including phenoxy) is 1. The van der Waals surface area contributed by atoms with E-state index in [2.05, 4.69) is 0 Å². The Morgan fingerprint density at radius 3 is 2.67 bits per heavy atom. The van der Waals surface area contributed by atoms with Gasteiger partial charge in [-0.1, -0.05) is 18.2 Å². The fraction of sp³-hybridized carbons (Fsp3) is 0.235. The van der Waals surface area contributed by atoms with Gasteiger partial charge in [-0.25, -0.2) is 0 Å². The summed E-state index contributed by atoms with van der Waals surface area (Å²) in [6.07, 6.45) is 0. The third kappa shape index (κ3) is 3.54. The minimum Gasteiger partial charge on any atom is -0.497 e. The van der Waals surface area contributed by atoms with Gasteiger partial charge in [-0.2, -0.15) is 0 Å². The van der Waals surface area contributed by atoms with Crippen molar-refractivity contribution in [3.05, 3.63) is 59.2 Å². The lowest BCUT2D eigenvalue weighted by atomic mass is 10.1. The van der Waals surface area contributed by atoms with Gasteiger partial charge in [0.2, 0.25) is 0 Å². The van der Waals surface area contributed by atoms with E-state index in [1.807, 2.05) is 37.3 Å². The topological polar surface area (TPSA) is 55.6 Å². The molecule has 0 aliphatic rings. The molecule has 1 amide bonds. The number of nitrogen functional groups attached to an aromatic ring is 1. The maximum absolute atomic E-state index is 12.4. The molecule has 0 radical (unpaired) electrons. The molecule has 0 aliphatic carbocycles. The van der Waals surface area contributed by atoms with E-state index in [0.29, 0.717) is 17.8 Å². The number of methoxy groups -OCH3 is 1. The number of aryl methyl sites for hydroxylation is 1. The Morgan fingerprint density at radius 2 is 2.00 bits per heavy atom. The van der Waals surface area contributed by atoms with Crippen LogP contribution in [-0.2, 0) is 6.54 Å². The summed E-state index contributed by atoms with van der Waals surface area (Å²) in [7, 11) is 3.40. The third-order valence-electron chi connectivity index (χ3n) is 3.43. The molecule has 21 heavy (non-hydrogen) atoms. The van der Waals surface area contributed by atoms with E-state index in [9.17, 15) is 4.79 Å². The molecule has 0 fully saturated rings. The van der Waals surface area contributed by atoms with Crippen LogP contribution >= 0.6 is 0 Å². The first kappa shape index (κ1) is 14.9. The molecular weight excluding hydrogens is 264 g/mol. The van der Waals surface area contributed by atoms with E-state index < -0.39 is 0 Å². The molecule has 0 unspecified atom stereocenters. The number of carbonyl (C=O) groups is 1. The van der Waals surface area contributed by atoms with Crippen molar-refractivity contribution in [1.82, 2.24) is 4.90 Å². The van der Waals surface area contributed by atoms with Gasteiger partial charge < -0.3 is 15.4 Å². The third-order valence-corrected chi connectivity index (χ3v) is 3.43. The molecule has 2 rings (SSSR count). The van der Waals surface area contributed by atoms with Crippen LogP contribution in [0.2, 0.25) is 0 Å². The normalized spacial score (nSPS) is 10.2. The van der Waals surface area contributed by atoms with E-state index in [-0.39, 0.29) is 5.91 Å². The van der Waals surface area contributed by atoms with E-state index in [0.717, 1.165) is 16.9 Å². The summed E-state index contributed by atoms with van der Waals surface area (Å²) in [5, 5.41) is 0. The molecule has 110 valence electrons. The van der Waals surface area contributed by atoms with E-state index in [1.165, 1.54) is 0 Å². The van der Waals surface area contributed by atoms with Gasteiger partial charge >= 0.3 is 0 Å². The smallest absolute Gasteiger partial charge is 0.253 e. The van der Waals surface area contributed by atoms with E-state index in [4.69, 9.17) is 10.5 Å². The predicted octanol–water partition coefficient (Wildman–Crippen LogP) is 2.86. The first-order valence-corrected chi connectivity index (χ1v) is 6.76. The molecule has 2 aromatic carbocycles. The Bertz CT molecular complexity index is 653. The molecule has 2 N–H and O–H groups in total. The summed E-state index contributed by atoms with van der Waals surface area (Å²) in [4.78, 5) is 14.1. The number of benzene rings is 2. The molecular formula is C17H20N2O2. The minimum atomic E-state index is -0.0514. The molecule has 0 heterocycles. The molecule has 0 aromatic heterocycles. The number of nitrogens with two attached hydrogens (primary N) is 1. The van der Waals surface area contributed by atoms with E-state index in [1.54, 1.807) is 31.2 Å². The van der Waals surface area contributed by atoms with Gasteiger partial charge in [-0.15, -0.1) is 0 Å². The maximum Gasteiger partial charge on any atom is 0.253 e. The van der Waals surface area contributed by atoms with Crippen LogP contribution in [0.5, 0.6) is 5.75 Å². The zero-order valence-corrected chi connectivity index (χ0v) is 12.6. The highest BCUT2D eigenvalue weighted by atomic mass is 16.5. The fourth-order valence-electron chi connectivity index (χ4n) is 2.11. The second-order valence-electron chi connectivity index (χ2n) is 5.08. The number of carbonyl (C=O) groups excluding carboxylic acids is 1. The average molecular weight is 284 g/mol. The van der Waals surface area contributed by atoms with Crippen molar-refractivity contribution in [2.45, 2.75) is 13.5 Å². The Hall–Kier alpha value is -2.49. The predicted molar refractivity (Wildman–Crippen MR) is 84.4 cm³/mol. The van der Waals surface area contributed by atoms with Crippen molar-refractivity contribution in [1.29, 1.82) is 0 Å². The number of amides is 1. The lowest BCUT2D eigenvalue weighted by Crippen LogP contribution is -2.26. The van der Waals surface area contributed by atoms with Crippen molar-refractivity contribution in [3.8, 4) is 5.75 Å². The Kier molecular flexibility index (Phi) is 4.48. The maximum atomic E-state index is 12.4. The average Bonchev–Trinajstić information content (AvgIpc) is 2.49. The second kappa shape index (κ2) is 6.31. The lowest BCUT2D eigenvalue weighted by Gasteiger charge is -2.18. The zero-order chi connectivity index (χ0) is 15.4. The van der Waals surface area contributed by atoms with Crippen molar-refractivity contribution in [2.24, 2.45) is 0 Å². The van der Waals surface area contributed by atoms with Crippen LogP contribution in [0.25, 0.3) is 0 Å². The van der Waals surface area contributed by atoms with Gasteiger partial charge in [0.05, 0.1) is 7.11 Å². The zero-order valence-electron chi connectivity index (χ0n) is 12.6. The monoisotopic (exact) mass is 284 g/mol. The number of anilines is 1. The van der Waals surface area contributed by atoms with Gasteiger partial charge in [0.1, 0.15) is 5.75 Å². The minimum absolute atomic E-state index is 0.0514. The van der Waals surface area contributed by atoms with Crippen molar-refractivity contribution < 1.29 is 9.53 Å². The van der Waals surface area contributed by atoms with Crippen LogP contribution < -0.4 is 10.5 Å². The first-order chi connectivity index (χ1) is 10.0. The van der Waals surface area contributed by atoms with Crippen LogP contribution in [0.1, 0.15) is 21.5 Å². The molecule has 0 aliphatic heterocycles. The highest BCUT2D eigenvalue weighted by Gasteiger charge is 2.13. The molecule has 0 bridgehead atoms. The summed E-state index contributed by atoms with van der Waals surface area (Å²) >= 11 is 0. The van der Waals surface area contributed by atoms with Gasteiger partial charge in [-0.3, -0.25) is 4.79 Å². The largest absolute Gasteiger partial charge is 0.497 e. The standard InChI is InChI=1S/C17H20N2O2/c1-12-7-8-14(10-16(12)18)17(20)19(2)11-13-5-4-6-15(9-13)21-3/h4-10H,11,18H2,1-3H3. The van der Waals surface area contributed by atoms with Gasteiger partial charge in [-0.05, 0) is 42.3 Å². The summed E-state index contributed by atoms with van der Waals surface area (Å²) in [5.74, 6) is 0.734. The second-order valence-corrected chi connectivity index (χ2v) is 5.08. The van der Waals surface area contributed by atoms with Crippen LogP contribution in [-0.4, -0.2) is 25.0 Å². The number of nitrogens with zero attached hydrogens (tertiary/aromatic N) is 1. The highest BCUT2D eigenvalue weighted by Crippen LogP contribution is 2.17. The molecule has 4 heteroatoms. The number of hydrogen-bond acceptors (Lipinski definition) is 3. The van der Waals surface area contributed by atoms with Crippen LogP contribution in [0.15, 0.2) is 42.5 Å². The summed E-state index contributed by atoms with van der Waals surface area (Å²) in [6, 6.07) is 13.1.